The zero-order chi connectivity index (χ0) is 12.4. The van der Waals surface area contributed by atoms with E-state index in [1.54, 1.807) is 0 Å². The van der Waals surface area contributed by atoms with E-state index in [0.29, 0.717) is 0 Å². The Morgan fingerprint density at radius 1 is 1.12 bits per heavy atom. The Labute approximate surface area is 108 Å². The van der Waals surface area contributed by atoms with Gasteiger partial charge < -0.3 is 0 Å². The number of aryl methyl sites for hydroxylation is 2. The highest BCUT2D eigenvalue weighted by Crippen LogP contribution is 2.19. The summed E-state index contributed by atoms with van der Waals surface area (Å²) in [6.45, 7) is 6.28. The Morgan fingerprint density at radius 3 is 2.35 bits per heavy atom. The summed E-state index contributed by atoms with van der Waals surface area (Å²) in [7, 11) is 0. The quantitative estimate of drug-likeness (QED) is 0.823. The highest BCUT2D eigenvalue weighted by atomic mass is 32.1. The standard InChI is InChI=1S/C14H18N2S/c1-10-4-6-13(7-5-10)16-12(3)14(8-9-17)11(2)15-16/h4-7,17H,8-9H2,1-3H3. The maximum Gasteiger partial charge on any atom is 0.0649 e. The minimum atomic E-state index is 0.862. The van der Waals surface area contributed by atoms with Crippen LogP contribution in [0.3, 0.4) is 0 Å². The summed E-state index contributed by atoms with van der Waals surface area (Å²) >= 11 is 4.30. The molecule has 2 rings (SSSR count). The molecular formula is C14H18N2S. The Bertz CT molecular complexity index is 512. The van der Waals surface area contributed by atoms with Gasteiger partial charge in [-0.1, -0.05) is 17.7 Å². The van der Waals surface area contributed by atoms with Gasteiger partial charge in [-0.25, -0.2) is 4.68 Å². The fourth-order valence-corrected chi connectivity index (χ4v) is 2.31. The molecule has 1 heterocycles. The number of nitrogens with zero attached hydrogens (tertiary/aromatic N) is 2. The first kappa shape index (κ1) is 12.2. The lowest BCUT2D eigenvalue weighted by Crippen LogP contribution is -1.99. The van der Waals surface area contributed by atoms with Crippen LogP contribution >= 0.6 is 12.6 Å². The van der Waals surface area contributed by atoms with E-state index in [0.717, 1.165) is 23.6 Å². The molecule has 90 valence electrons. The summed E-state index contributed by atoms with van der Waals surface area (Å²) in [6.07, 6.45) is 0.979. The van der Waals surface area contributed by atoms with Crippen LogP contribution in [0, 0.1) is 20.8 Å². The first-order valence-corrected chi connectivity index (χ1v) is 6.49. The lowest BCUT2D eigenvalue weighted by atomic mass is 10.1. The average molecular weight is 246 g/mol. The minimum Gasteiger partial charge on any atom is -0.238 e. The zero-order valence-electron chi connectivity index (χ0n) is 10.6. The number of hydrogen-bond donors (Lipinski definition) is 1. The molecule has 0 aliphatic rings. The predicted molar refractivity (Wildman–Crippen MR) is 75.3 cm³/mol. The summed E-state index contributed by atoms with van der Waals surface area (Å²) in [6, 6.07) is 8.45. The molecule has 0 saturated carbocycles. The SMILES string of the molecule is Cc1ccc(-n2nc(C)c(CCS)c2C)cc1. The van der Waals surface area contributed by atoms with Crippen LogP contribution < -0.4 is 0 Å². The van der Waals surface area contributed by atoms with Crippen molar-refractivity contribution in [2.45, 2.75) is 27.2 Å². The van der Waals surface area contributed by atoms with Crippen LogP contribution in [0.1, 0.15) is 22.5 Å². The molecule has 1 aromatic heterocycles. The van der Waals surface area contributed by atoms with E-state index in [2.05, 4.69) is 62.8 Å². The summed E-state index contributed by atoms with van der Waals surface area (Å²) in [5.41, 5.74) is 6.05. The largest absolute Gasteiger partial charge is 0.238 e. The average Bonchev–Trinajstić information content (AvgIpc) is 2.59. The molecule has 0 bridgehead atoms. The van der Waals surface area contributed by atoms with Crippen LogP contribution in [0.15, 0.2) is 24.3 Å². The molecule has 0 fully saturated rings. The Balaban J connectivity index is 2.46. The van der Waals surface area contributed by atoms with Crippen molar-refractivity contribution in [3.63, 3.8) is 0 Å². The molecule has 0 amide bonds. The number of hydrogen-bond acceptors (Lipinski definition) is 2. The second-order valence-corrected chi connectivity index (χ2v) is 4.82. The summed E-state index contributed by atoms with van der Waals surface area (Å²) in [5.74, 6) is 0.862. The van der Waals surface area contributed by atoms with Crippen LogP contribution in [-0.4, -0.2) is 15.5 Å². The van der Waals surface area contributed by atoms with Gasteiger partial charge in [-0.15, -0.1) is 0 Å². The van der Waals surface area contributed by atoms with Crippen molar-refractivity contribution >= 4 is 12.6 Å². The van der Waals surface area contributed by atoms with Gasteiger partial charge in [0.2, 0.25) is 0 Å². The maximum atomic E-state index is 4.61. The van der Waals surface area contributed by atoms with Crippen LogP contribution in [0.4, 0.5) is 0 Å². The Hall–Kier alpha value is -1.22. The molecule has 0 saturated heterocycles. The fraction of sp³-hybridized carbons (Fsp3) is 0.357. The molecule has 0 aliphatic carbocycles. The third-order valence-electron chi connectivity index (χ3n) is 3.08. The minimum absolute atomic E-state index is 0.862. The van der Waals surface area contributed by atoms with Gasteiger partial charge in [-0.3, -0.25) is 0 Å². The van der Waals surface area contributed by atoms with Gasteiger partial charge in [0.15, 0.2) is 0 Å². The van der Waals surface area contributed by atoms with Crippen molar-refractivity contribution in [3.05, 3.63) is 46.8 Å². The van der Waals surface area contributed by atoms with Gasteiger partial charge in [0.1, 0.15) is 0 Å². The summed E-state index contributed by atoms with van der Waals surface area (Å²) in [5, 5.41) is 4.61. The first-order chi connectivity index (χ1) is 8.13. The molecule has 0 atom stereocenters. The number of aromatic nitrogens is 2. The normalized spacial score (nSPS) is 10.8. The topological polar surface area (TPSA) is 17.8 Å². The number of rotatable bonds is 3. The molecule has 0 spiro atoms. The van der Waals surface area contributed by atoms with Crippen molar-refractivity contribution in [2.75, 3.05) is 5.75 Å². The fourth-order valence-electron chi connectivity index (χ4n) is 2.09. The van der Waals surface area contributed by atoms with Crippen molar-refractivity contribution in [1.29, 1.82) is 0 Å². The Kier molecular flexibility index (Phi) is 3.57. The van der Waals surface area contributed by atoms with Gasteiger partial charge in [0.25, 0.3) is 0 Å². The third kappa shape index (κ3) is 2.39. The Morgan fingerprint density at radius 2 is 1.76 bits per heavy atom. The van der Waals surface area contributed by atoms with E-state index in [-0.39, 0.29) is 0 Å². The summed E-state index contributed by atoms with van der Waals surface area (Å²) < 4.78 is 2.02. The van der Waals surface area contributed by atoms with E-state index in [1.165, 1.54) is 16.8 Å². The molecule has 2 nitrogen and oxygen atoms in total. The zero-order valence-corrected chi connectivity index (χ0v) is 11.5. The molecule has 3 heteroatoms. The van der Waals surface area contributed by atoms with Crippen LogP contribution in [-0.2, 0) is 6.42 Å². The second kappa shape index (κ2) is 4.96. The number of benzene rings is 1. The van der Waals surface area contributed by atoms with Crippen LogP contribution in [0.25, 0.3) is 5.69 Å². The van der Waals surface area contributed by atoms with E-state index in [9.17, 15) is 0 Å². The molecule has 17 heavy (non-hydrogen) atoms. The lowest BCUT2D eigenvalue weighted by molar-refractivity contribution is 0.832. The second-order valence-electron chi connectivity index (χ2n) is 4.37. The lowest BCUT2D eigenvalue weighted by Gasteiger charge is -2.05. The van der Waals surface area contributed by atoms with Crippen LogP contribution in [0.2, 0.25) is 0 Å². The van der Waals surface area contributed by atoms with Crippen molar-refractivity contribution in [3.8, 4) is 5.69 Å². The third-order valence-corrected chi connectivity index (χ3v) is 3.31. The van der Waals surface area contributed by atoms with Gasteiger partial charge in [-0.2, -0.15) is 17.7 Å². The smallest absolute Gasteiger partial charge is 0.0649 e. The highest BCUT2D eigenvalue weighted by molar-refractivity contribution is 7.80. The van der Waals surface area contributed by atoms with E-state index >= 15 is 0 Å². The van der Waals surface area contributed by atoms with Gasteiger partial charge >= 0.3 is 0 Å². The molecule has 0 N–H and O–H groups in total. The van der Waals surface area contributed by atoms with Crippen molar-refractivity contribution < 1.29 is 0 Å². The van der Waals surface area contributed by atoms with Crippen molar-refractivity contribution in [1.82, 2.24) is 9.78 Å². The molecule has 1 aromatic carbocycles. The highest BCUT2D eigenvalue weighted by Gasteiger charge is 2.11. The monoisotopic (exact) mass is 246 g/mol. The van der Waals surface area contributed by atoms with Crippen molar-refractivity contribution in [2.24, 2.45) is 0 Å². The number of thiol groups is 1. The molecule has 0 aliphatic heterocycles. The summed E-state index contributed by atoms with van der Waals surface area (Å²) in [4.78, 5) is 0. The molecular weight excluding hydrogens is 228 g/mol. The van der Waals surface area contributed by atoms with E-state index in [1.807, 2.05) is 4.68 Å². The van der Waals surface area contributed by atoms with Gasteiger partial charge in [0.05, 0.1) is 11.4 Å². The molecule has 2 aromatic rings. The predicted octanol–water partition coefficient (Wildman–Crippen LogP) is 3.27. The van der Waals surface area contributed by atoms with Gasteiger partial charge in [-0.05, 0) is 50.6 Å². The van der Waals surface area contributed by atoms with Gasteiger partial charge in [0, 0.05) is 5.69 Å². The maximum absolute atomic E-state index is 4.61. The van der Waals surface area contributed by atoms with E-state index in [4.69, 9.17) is 0 Å². The molecule has 0 unspecified atom stereocenters. The van der Waals surface area contributed by atoms with Crippen LogP contribution in [0.5, 0.6) is 0 Å². The first-order valence-electron chi connectivity index (χ1n) is 5.86. The molecule has 0 radical (unpaired) electrons. The van der Waals surface area contributed by atoms with E-state index < -0.39 is 0 Å².